The van der Waals surface area contributed by atoms with E-state index in [9.17, 15) is 8.42 Å². The first-order valence-electron chi connectivity index (χ1n) is 6.82. The van der Waals surface area contributed by atoms with E-state index in [1.54, 1.807) is 13.2 Å². The van der Waals surface area contributed by atoms with Crippen molar-refractivity contribution in [1.29, 1.82) is 0 Å². The summed E-state index contributed by atoms with van der Waals surface area (Å²) in [5.41, 5.74) is 0.734. The second kappa shape index (κ2) is 4.88. The minimum absolute atomic E-state index is 0.151. The third kappa shape index (κ3) is 2.54. The normalized spacial score (nSPS) is 20.7. The van der Waals surface area contributed by atoms with Crippen LogP contribution in [0.15, 0.2) is 11.2 Å². The van der Waals surface area contributed by atoms with Crippen molar-refractivity contribution in [3.63, 3.8) is 0 Å². The van der Waals surface area contributed by atoms with Crippen LogP contribution in [0.3, 0.4) is 0 Å². The summed E-state index contributed by atoms with van der Waals surface area (Å²) in [6.07, 6.45) is 7.00. The van der Waals surface area contributed by atoms with Gasteiger partial charge >= 0.3 is 0 Å². The second-order valence-corrected chi connectivity index (χ2v) is 7.42. The maximum atomic E-state index is 12.5. The van der Waals surface area contributed by atoms with E-state index in [0.717, 1.165) is 24.8 Å². The number of H-pyrrole nitrogens is 1. The average Bonchev–Trinajstić information content (AvgIpc) is 3.00. The number of rotatable bonds is 6. The van der Waals surface area contributed by atoms with Crippen LogP contribution in [0.4, 0.5) is 0 Å². The zero-order valence-corrected chi connectivity index (χ0v) is 11.9. The van der Waals surface area contributed by atoms with Gasteiger partial charge in [-0.3, -0.25) is 5.10 Å². The summed E-state index contributed by atoms with van der Waals surface area (Å²) in [7, 11) is -1.77. The molecule has 2 fully saturated rings. The van der Waals surface area contributed by atoms with Crippen molar-refractivity contribution in [2.24, 2.45) is 0 Å². The minimum atomic E-state index is -3.44. The number of aromatic amines is 1. The lowest BCUT2D eigenvalue weighted by atomic mass is 9.94. The van der Waals surface area contributed by atoms with E-state index < -0.39 is 10.0 Å². The van der Waals surface area contributed by atoms with Crippen LogP contribution in [0.2, 0.25) is 0 Å². The summed E-state index contributed by atoms with van der Waals surface area (Å²) in [5, 5.41) is 10.1. The third-order valence-electron chi connectivity index (χ3n) is 4.06. The van der Waals surface area contributed by atoms with E-state index >= 15 is 0 Å². The van der Waals surface area contributed by atoms with Crippen LogP contribution in [-0.2, 0) is 16.6 Å². The zero-order valence-electron chi connectivity index (χ0n) is 11.1. The Kier molecular flexibility index (Phi) is 3.36. The molecule has 106 valence electrons. The molecule has 2 aliphatic rings. The molecule has 1 heterocycles. The monoisotopic (exact) mass is 284 g/mol. The molecule has 0 spiro atoms. The molecule has 7 heteroatoms. The van der Waals surface area contributed by atoms with E-state index in [0.29, 0.717) is 12.6 Å². The lowest BCUT2D eigenvalue weighted by molar-refractivity contribution is 0.249. The minimum Gasteiger partial charge on any atom is -0.310 e. The average molecular weight is 284 g/mol. The second-order valence-electron chi connectivity index (χ2n) is 5.49. The number of hydrogen-bond donors (Lipinski definition) is 2. The number of aromatic nitrogens is 2. The topological polar surface area (TPSA) is 78.1 Å². The van der Waals surface area contributed by atoms with Crippen molar-refractivity contribution in [2.75, 3.05) is 7.05 Å². The van der Waals surface area contributed by atoms with Gasteiger partial charge in [0.05, 0.1) is 6.20 Å². The molecule has 0 unspecified atom stereocenters. The van der Waals surface area contributed by atoms with Gasteiger partial charge in [0.1, 0.15) is 0 Å². The molecule has 0 aliphatic heterocycles. The molecule has 2 N–H and O–H groups in total. The molecule has 3 rings (SSSR count). The van der Waals surface area contributed by atoms with Crippen LogP contribution < -0.4 is 5.32 Å². The maximum Gasteiger partial charge on any atom is 0.260 e. The predicted octanol–water partition coefficient (Wildman–Crippen LogP) is 0.835. The van der Waals surface area contributed by atoms with Crippen molar-refractivity contribution in [1.82, 2.24) is 19.8 Å². The summed E-state index contributed by atoms with van der Waals surface area (Å²) >= 11 is 0. The molecule has 1 aromatic heterocycles. The van der Waals surface area contributed by atoms with Crippen molar-refractivity contribution in [3.8, 4) is 0 Å². The van der Waals surface area contributed by atoms with Gasteiger partial charge in [0.2, 0.25) is 0 Å². The molecule has 2 aliphatic carbocycles. The van der Waals surface area contributed by atoms with Gasteiger partial charge in [-0.2, -0.15) is 9.40 Å². The van der Waals surface area contributed by atoms with Gasteiger partial charge in [0, 0.05) is 31.2 Å². The first-order chi connectivity index (χ1) is 9.09. The molecule has 6 nitrogen and oxygen atoms in total. The third-order valence-corrected chi connectivity index (χ3v) is 5.99. The van der Waals surface area contributed by atoms with Gasteiger partial charge in [0.25, 0.3) is 10.0 Å². The molecule has 19 heavy (non-hydrogen) atoms. The van der Waals surface area contributed by atoms with Crippen LogP contribution in [0.25, 0.3) is 0 Å². The molecule has 0 aromatic carbocycles. The fraction of sp³-hybridized carbons (Fsp3) is 0.750. The first-order valence-corrected chi connectivity index (χ1v) is 8.26. The Hall–Kier alpha value is -0.920. The molecular formula is C12H20N4O2S. The fourth-order valence-corrected chi connectivity index (χ4v) is 3.80. The Labute approximate surface area is 113 Å². The SMILES string of the molecule is CN(C1CCC1)S(=O)(=O)c1[nH]ncc1CNC1CC1. The Morgan fingerprint density at radius 3 is 2.74 bits per heavy atom. The van der Waals surface area contributed by atoms with Gasteiger partial charge < -0.3 is 5.32 Å². The molecule has 1 aromatic rings. The van der Waals surface area contributed by atoms with Crippen molar-refractivity contribution in [3.05, 3.63) is 11.8 Å². The lowest BCUT2D eigenvalue weighted by Gasteiger charge is -2.33. The van der Waals surface area contributed by atoms with Gasteiger partial charge in [-0.25, -0.2) is 8.42 Å². The summed E-state index contributed by atoms with van der Waals surface area (Å²) in [4.78, 5) is 0. The van der Waals surface area contributed by atoms with Gasteiger partial charge in [0.15, 0.2) is 5.03 Å². The lowest BCUT2D eigenvalue weighted by Crippen LogP contribution is -2.41. The smallest absolute Gasteiger partial charge is 0.260 e. The number of nitrogens with one attached hydrogen (secondary N) is 2. The summed E-state index contributed by atoms with van der Waals surface area (Å²) in [6.45, 7) is 0.564. The molecule has 0 bridgehead atoms. The van der Waals surface area contributed by atoms with E-state index in [1.807, 2.05) is 0 Å². The Bertz CT molecular complexity index is 546. The molecule has 0 saturated heterocycles. The van der Waals surface area contributed by atoms with Crippen LogP contribution in [0.5, 0.6) is 0 Å². The summed E-state index contributed by atoms with van der Waals surface area (Å²) < 4.78 is 26.6. The fourth-order valence-electron chi connectivity index (χ4n) is 2.28. The first kappa shape index (κ1) is 13.1. The Morgan fingerprint density at radius 2 is 2.16 bits per heavy atom. The summed E-state index contributed by atoms with van der Waals surface area (Å²) in [6, 6.07) is 0.701. The Balaban J connectivity index is 1.77. The molecule has 0 radical (unpaired) electrons. The van der Waals surface area contributed by atoms with Crippen molar-refractivity contribution >= 4 is 10.0 Å². The largest absolute Gasteiger partial charge is 0.310 e. The maximum absolute atomic E-state index is 12.5. The van der Waals surface area contributed by atoms with Gasteiger partial charge in [-0.1, -0.05) is 6.42 Å². The summed E-state index contributed by atoms with van der Waals surface area (Å²) in [5.74, 6) is 0. The highest BCUT2D eigenvalue weighted by Crippen LogP contribution is 2.29. The van der Waals surface area contributed by atoms with E-state index in [-0.39, 0.29) is 11.1 Å². The quantitative estimate of drug-likeness (QED) is 0.811. The highest BCUT2D eigenvalue weighted by molar-refractivity contribution is 7.89. The van der Waals surface area contributed by atoms with E-state index in [1.165, 1.54) is 17.1 Å². The predicted molar refractivity (Wildman–Crippen MR) is 71.0 cm³/mol. The van der Waals surface area contributed by atoms with E-state index in [2.05, 4.69) is 15.5 Å². The van der Waals surface area contributed by atoms with Crippen LogP contribution in [0.1, 0.15) is 37.7 Å². The van der Waals surface area contributed by atoms with Gasteiger partial charge in [-0.05, 0) is 25.7 Å². The van der Waals surface area contributed by atoms with Crippen LogP contribution >= 0.6 is 0 Å². The van der Waals surface area contributed by atoms with Crippen molar-refractivity contribution in [2.45, 2.75) is 55.8 Å². The molecular weight excluding hydrogens is 264 g/mol. The van der Waals surface area contributed by atoms with E-state index in [4.69, 9.17) is 0 Å². The van der Waals surface area contributed by atoms with Crippen LogP contribution in [0, 0.1) is 0 Å². The molecule has 0 atom stereocenters. The number of nitrogens with zero attached hydrogens (tertiary/aromatic N) is 2. The van der Waals surface area contributed by atoms with Crippen LogP contribution in [-0.4, -0.2) is 42.1 Å². The molecule has 2 saturated carbocycles. The zero-order chi connectivity index (χ0) is 13.5. The molecule has 0 amide bonds. The standard InChI is InChI=1S/C12H20N4O2S/c1-16(11-3-2-4-11)19(17,18)12-9(8-14-15-12)7-13-10-5-6-10/h8,10-11,13H,2-7H2,1H3,(H,14,15). The highest BCUT2D eigenvalue weighted by atomic mass is 32.2. The van der Waals surface area contributed by atoms with Gasteiger partial charge in [-0.15, -0.1) is 0 Å². The number of sulfonamides is 1. The Morgan fingerprint density at radius 1 is 1.42 bits per heavy atom. The highest BCUT2D eigenvalue weighted by Gasteiger charge is 2.34. The number of hydrogen-bond acceptors (Lipinski definition) is 4. The van der Waals surface area contributed by atoms with Crippen molar-refractivity contribution < 1.29 is 8.42 Å².